The van der Waals surface area contributed by atoms with Gasteiger partial charge in [-0.25, -0.2) is 4.79 Å². The molecule has 122 valence electrons. The first kappa shape index (κ1) is 16.6. The van der Waals surface area contributed by atoms with E-state index >= 15 is 0 Å². The molecule has 0 saturated carbocycles. The van der Waals surface area contributed by atoms with E-state index in [4.69, 9.17) is 9.47 Å². The van der Waals surface area contributed by atoms with Crippen LogP contribution in [-0.4, -0.2) is 44.0 Å². The van der Waals surface area contributed by atoms with Crippen molar-refractivity contribution in [2.24, 2.45) is 5.92 Å². The average Bonchev–Trinajstić information content (AvgIpc) is 2.99. The quantitative estimate of drug-likeness (QED) is 0.792. The fourth-order valence-electron chi connectivity index (χ4n) is 3.19. The van der Waals surface area contributed by atoms with Crippen LogP contribution in [0.15, 0.2) is 0 Å². The predicted octanol–water partition coefficient (Wildman–Crippen LogP) is 2.45. The minimum Gasteiger partial charge on any atom is -0.381 e. The van der Waals surface area contributed by atoms with Gasteiger partial charge in [0.1, 0.15) is 0 Å². The van der Waals surface area contributed by atoms with Gasteiger partial charge in [0, 0.05) is 31.9 Å². The molecule has 2 N–H and O–H groups in total. The van der Waals surface area contributed by atoms with Crippen LogP contribution in [0.2, 0.25) is 0 Å². The van der Waals surface area contributed by atoms with Gasteiger partial charge in [-0.2, -0.15) is 0 Å². The van der Waals surface area contributed by atoms with Crippen molar-refractivity contribution < 1.29 is 14.3 Å². The minimum atomic E-state index is -0.0474. The number of hydrogen-bond acceptors (Lipinski definition) is 3. The van der Waals surface area contributed by atoms with Crippen molar-refractivity contribution in [2.45, 2.75) is 70.6 Å². The summed E-state index contributed by atoms with van der Waals surface area (Å²) < 4.78 is 11.0. The Morgan fingerprint density at radius 3 is 2.57 bits per heavy atom. The number of nitrogens with one attached hydrogen (secondary N) is 2. The lowest BCUT2D eigenvalue weighted by atomic mass is 9.93. The summed E-state index contributed by atoms with van der Waals surface area (Å²) in [5.74, 6) is 0.534. The second-order valence-corrected chi connectivity index (χ2v) is 6.47. The van der Waals surface area contributed by atoms with E-state index in [0.29, 0.717) is 12.0 Å². The van der Waals surface area contributed by atoms with E-state index < -0.39 is 0 Å². The Balaban J connectivity index is 1.60. The number of amides is 2. The molecule has 5 nitrogen and oxygen atoms in total. The largest absolute Gasteiger partial charge is 0.381 e. The first-order valence-electron chi connectivity index (χ1n) is 8.41. The van der Waals surface area contributed by atoms with E-state index in [9.17, 15) is 4.79 Å². The van der Waals surface area contributed by atoms with Crippen molar-refractivity contribution in [3.05, 3.63) is 0 Å². The number of urea groups is 1. The molecule has 2 rings (SSSR count). The first-order valence-corrected chi connectivity index (χ1v) is 8.41. The molecule has 0 aromatic heterocycles. The minimum absolute atomic E-state index is 0.0474. The number of hydrogen-bond donors (Lipinski definition) is 2. The maximum absolute atomic E-state index is 12.0. The van der Waals surface area contributed by atoms with Crippen molar-refractivity contribution in [2.75, 3.05) is 19.8 Å². The summed E-state index contributed by atoms with van der Waals surface area (Å²) in [5.41, 5.74) is 0. The standard InChI is InChI=1S/C16H30N2O3/c1-12(5-6-15-4-3-9-21-15)17-16(19)18-13(2)14-7-10-20-11-8-14/h12-15H,3-11H2,1-2H3,(H2,17,18,19)/t12-,13-,15+/m1/s1. The molecule has 2 amide bonds. The zero-order valence-corrected chi connectivity index (χ0v) is 13.4. The van der Waals surface area contributed by atoms with Crippen molar-refractivity contribution in [1.29, 1.82) is 0 Å². The van der Waals surface area contributed by atoms with Crippen LogP contribution in [0.25, 0.3) is 0 Å². The van der Waals surface area contributed by atoms with Gasteiger partial charge in [0.2, 0.25) is 0 Å². The van der Waals surface area contributed by atoms with Crippen LogP contribution in [0.3, 0.4) is 0 Å². The molecule has 0 spiro atoms. The van der Waals surface area contributed by atoms with Crippen LogP contribution in [-0.2, 0) is 9.47 Å². The summed E-state index contributed by atoms with van der Waals surface area (Å²) in [6.07, 6.45) is 6.83. The zero-order valence-electron chi connectivity index (χ0n) is 13.4. The van der Waals surface area contributed by atoms with Crippen LogP contribution in [0, 0.1) is 5.92 Å². The molecule has 0 radical (unpaired) electrons. The fraction of sp³-hybridized carbons (Fsp3) is 0.938. The molecule has 5 heteroatoms. The van der Waals surface area contributed by atoms with Crippen molar-refractivity contribution in [3.63, 3.8) is 0 Å². The Morgan fingerprint density at radius 2 is 1.90 bits per heavy atom. The third kappa shape index (κ3) is 5.83. The van der Waals surface area contributed by atoms with Gasteiger partial charge in [-0.1, -0.05) is 0 Å². The van der Waals surface area contributed by atoms with Gasteiger partial charge in [-0.05, 0) is 58.3 Å². The Kier molecular flexibility index (Phi) is 6.77. The molecular weight excluding hydrogens is 268 g/mol. The fourth-order valence-corrected chi connectivity index (χ4v) is 3.19. The number of carbonyl (C=O) groups is 1. The van der Waals surface area contributed by atoms with Crippen LogP contribution < -0.4 is 10.6 Å². The number of carbonyl (C=O) groups excluding carboxylic acids is 1. The highest BCUT2D eigenvalue weighted by Crippen LogP contribution is 2.19. The molecule has 0 aliphatic carbocycles. The summed E-state index contributed by atoms with van der Waals surface area (Å²) >= 11 is 0. The topological polar surface area (TPSA) is 59.6 Å². The molecule has 2 heterocycles. The first-order chi connectivity index (χ1) is 10.1. The zero-order chi connectivity index (χ0) is 15.1. The normalized spacial score (nSPS) is 26.3. The van der Waals surface area contributed by atoms with Crippen molar-refractivity contribution in [3.8, 4) is 0 Å². The molecule has 2 saturated heterocycles. The Morgan fingerprint density at radius 1 is 1.14 bits per heavy atom. The van der Waals surface area contributed by atoms with Crippen LogP contribution in [0.4, 0.5) is 4.79 Å². The third-order valence-corrected chi connectivity index (χ3v) is 4.65. The van der Waals surface area contributed by atoms with E-state index in [2.05, 4.69) is 24.5 Å². The molecule has 2 fully saturated rings. The van der Waals surface area contributed by atoms with Gasteiger partial charge in [0.15, 0.2) is 0 Å². The summed E-state index contributed by atoms with van der Waals surface area (Å²) in [5, 5.41) is 6.11. The highest BCUT2D eigenvalue weighted by atomic mass is 16.5. The highest BCUT2D eigenvalue weighted by Gasteiger charge is 2.22. The lowest BCUT2D eigenvalue weighted by Gasteiger charge is -2.29. The Hall–Kier alpha value is -0.810. The molecule has 3 atom stereocenters. The molecule has 0 aromatic carbocycles. The van der Waals surface area contributed by atoms with E-state index in [1.54, 1.807) is 0 Å². The molecule has 21 heavy (non-hydrogen) atoms. The predicted molar refractivity (Wildman–Crippen MR) is 82.3 cm³/mol. The van der Waals surface area contributed by atoms with Crippen LogP contribution in [0.5, 0.6) is 0 Å². The van der Waals surface area contributed by atoms with Crippen LogP contribution in [0.1, 0.15) is 52.4 Å². The number of ether oxygens (including phenoxy) is 2. The van der Waals surface area contributed by atoms with Crippen molar-refractivity contribution >= 4 is 6.03 Å². The lowest BCUT2D eigenvalue weighted by molar-refractivity contribution is 0.0570. The second-order valence-electron chi connectivity index (χ2n) is 6.47. The summed E-state index contributed by atoms with van der Waals surface area (Å²) in [4.78, 5) is 12.0. The monoisotopic (exact) mass is 298 g/mol. The Bertz CT molecular complexity index is 313. The van der Waals surface area contributed by atoms with E-state index in [-0.39, 0.29) is 18.1 Å². The molecular formula is C16H30N2O3. The maximum Gasteiger partial charge on any atom is 0.315 e. The number of rotatable bonds is 6. The van der Waals surface area contributed by atoms with E-state index in [1.807, 2.05) is 0 Å². The van der Waals surface area contributed by atoms with Gasteiger partial charge in [0.25, 0.3) is 0 Å². The Labute approximate surface area is 128 Å². The lowest BCUT2D eigenvalue weighted by Crippen LogP contribution is -2.47. The summed E-state index contributed by atoms with van der Waals surface area (Å²) in [6.45, 7) is 6.68. The molecule has 0 aromatic rings. The average molecular weight is 298 g/mol. The molecule has 0 unspecified atom stereocenters. The smallest absolute Gasteiger partial charge is 0.315 e. The third-order valence-electron chi connectivity index (χ3n) is 4.65. The molecule has 0 bridgehead atoms. The van der Waals surface area contributed by atoms with Gasteiger partial charge in [0.05, 0.1) is 6.10 Å². The van der Waals surface area contributed by atoms with Gasteiger partial charge in [-0.15, -0.1) is 0 Å². The molecule has 2 aliphatic rings. The van der Waals surface area contributed by atoms with E-state index in [0.717, 1.165) is 45.5 Å². The van der Waals surface area contributed by atoms with Crippen LogP contribution >= 0.6 is 0 Å². The van der Waals surface area contributed by atoms with E-state index in [1.165, 1.54) is 12.8 Å². The second kappa shape index (κ2) is 8.59. The summed E-state index contributed by atoms with van der Waals surface area (Å²) in [6, 6.07) is 0.351. The van der Waals surface area contributed by atoms with Gasteiger partial charge in [-0.3, -0.25) is 0 Å². The highest BCUT2D eigenvalue weighted by molar-refractivity contribution is 5.74. The van der Waals surface area contributed by atoms with Crippen molar-refractivity contribution in [1.82, 2.24) is 10.6 Å². The summed E-state index contributed by atoms with van der Waals surface area (Å²) in [7, 11) is 0. The molecule has 2 aliphatic heterocycles. The SMILES string of the molecule is C[C@H](CC[C@@H]1CCCO1)NC(=O)N[C@H](C)C1CCOCC1. The maximum atomic E-state index is 12.0. The van der Waals surface area contributed by atoms with Gasteiger partial charge < -0.3 is 20.1 Å². The van der Waals surface area contributed by atoms with Gasteiger partial charge >= 0.3 is 6.03 Å².